The first-order chi connectivity index (χ1) is 5.36. The third kappa shape index (κ3) is 1.12. The number of nitrogens with zero attached hydrogens (tertiary/aromatic N) is 2. The molecule has 0 aliphatic carbocycles. The predicted octanol–water partition coefficient (Wildman–Crippen LogP) is 0.0905. The molecule has 0 aromatic carbocycles. The molecule has 0 unspecified atom stereocenters. The van der Waals surface area contributed by atoms with Crippen LogP contribution < -0.4 is 5.32 Å². The van der Waals surface area contributed by atoms with Crippen molar-refractivity contribution in [2.45, 2.75) is 0 Å². The average molecular weight is 151 g/mol. The van der Waals surface area contributed by atoms with E-state index in [-0.39, 0.29) is 0 Å². The van der Waals surface area contributed by atoms with Crippen molar-refractivity contribution in [1.29, 1.82) is 0 Å². The fraction of sp³-hybridized carbons (Fsp3) is 0.286. The molecular weight excluding hydrogens is 142 g/mol. The quantitative estimate of drug-likeness (QED) is 0.516. The molecule has 2 N–H and O–H groups in total. The molecule has 0 amide bonds. The number of nitrogens with one attached hydrogen (secondary N) is 1. The molecular formula is C7H9N3O. The van der Waals surface area contributed by atoms with Crippen molar-refractivity contribution in [3.05, 3.63) is 24.2 Å². The van der Waals surface area contributed by atoms with Gasteiger partial charge in [0.15, 0.2) is 0 Å². The van der Waals surface area contributed by atoms with Crippen LogP contribution in [0.4, 0.5) is 0 Å². The summed E-state index contributed by atoms with van der Waals surface area (Å²) in [5.41, 5.74) is 1.81. The number of hydroxylamine groups is 2. The standard InChI is InChI=1S/C7H9N3O/c11-10-4-1-6-7(5-10)9-3-2-8-6/h1,4-5,9,11H,2-3H2. The van der Waals surface area contributed by atoms with Crippen LogP contribution in [-0.4, -0.2) is 29.1 Å². The van der Waals surface area contributed by atoms with Crippen LogP contribution >= 0.6 is 0 Å². The summed E-state index contributed by atoms with van der Waals surface area (Å²) >= 11 is 0. The fourth-order valence-corrected chi connectivity index (χ4v) is 1.12. The van der Waals surface area contributed by atoms with Crippen LogP contribution in [0.5, 0.6) is 0 Å². The fourth-order valence-electron chi connectivity index (χ4n) is 1.12. The number of aliphatic imine (C=N–C) groups is 1. The van der Waals surface area contributed by atoms with Crippen molar-refractivity contribution in [3.8, 4) is 0 Å². The Kier molecular flexibility index (Phi) is 1.40. The largest absolute Gasteiger partial charge is 0.380 e. The first-order valence-corrected chi connectivity index (χ1v) is 3.52. The van der Waals surface area contributed by atoms with Gasteiger partial charge in [-0.05, 0) is 6.08 Å². The van der Waals surface area contributed by atoms with Gasteiger partial charge in [-0.25, -0.2) is 5.06 Å². The lowest BCUT2D eigenvalue weighted by Crippen LogP contribution is -2.31. The Morgan fingerprint density at radius 2 is 2.55 bits per heavy atom. The molecule has 2 aliphatic heterocycles. The Labute approximate surface area is 64.5 Å². The lowest BCUT2D eigenvalue weighted by Gasteiger charge is -2.21. The molecule has 11 heavy (non-hydrogen) atoms. The Bertz CT molecular complexity index is 254. The lowest BCUT2D eigenvalue weighted by molar-refractivity contribution is 0.00986. The minimum absolute atomic E-state index is 0.808. The number of rotatable bonds is 0. The van der Waals surface area contributed by atoms with E-state index in [2.05, 4.69) is 10.3 Å². The first kappa shape index (κ1) is 6.42. The van der Waals surface area contributed by atoms with Crippen LogP contribution in [0.25, 0.3) is 0 Å². The summed E-state index contributed by atoms with van der Waals surface area (Å²) in [7, 11) is 0. The highest BCUT2D eigenvalue weighted by Crippen LogP contribution is 2.07. The van der Waals surface area contributed by atoms with Gasteiger partial charge in [-0.15, -0.1) is 0 Å². The summed E-state index contributed by atoms with van der Waals surface area (Å²) in [5.74, 6) is 0. The SMILES string of the molecule is ON1C=CC2=NCCNC2=C1. The summed E-state index contributed by atoms with van der Waals surface area (Å²) in [6.07, 6.45) is 4.95. The Hall–Kier alpha value is -1.29. The molecule has 0 saturated heterocycles. The zero-order chi connectivity index (χ0) is 7.68. The van der Waals surface area contributed by atoms with Gasteiger partial charge in [-0.3, -0.25) is 10.2 Å². The molecule has 0 bridgehead atoms. The minimum atomic E-state index is 0.808. The van der Waals surface area contributed by atoms with Gasteiger partial charge in [-0.2, -0.15) is 0 Å². The van der Waals surface area contributed by atoms with Gasteiger partial charge in [0.25, 0.3) is 0 Å². The summed E-state index contributed by atoms with van der Waals surface area (Å²) in [5, 5.41) is 13.2. The third-order valence-electron chi connectivity index (χ3n) is 1.63. The number of allylic oxidation sites excluding steroid dienone is 1. The van der Waals surface area contributed by atoms with Crippen molar-refractivity contribution >= 4 is 5.71 Å². The molecule has 0 fully saturated rings. The number of fused-ring (bicyclic) bond motifs is 1. The monoisotopic (exact) mass is 151 g/mol. The van der Waals surface area contributed by atoms with Crippen LogP contribution in [0, 0.1) is 0 Å². The van der Waals surface area contributed by atoms with E-state index in [0.717, 1.165) is 29.6 Å². The molecule has 0 radical (unpaired) electrons. The van der Waals surface area contributed by atoms with Gasteiger partial charge in [0.05, 0.1) is 24.2 Å². The summed E-state index contributed by atoms with van der Waals surface area (Å²) in [4.78, 5) is 4.25. The molecule has 0 aromatic rings. The molecule has 4 heteroatoms. The van der Waals surface area contributed by atoms with Gasteiger partial charge in [0.1, 0.15) is 0 Å². The van der Waals surface area contributed by atoms with Crippen LogP contribution in [0.3, 0.4) is 0 Å². The maximum absolute atomic E-state index is 9.02. The van der Waals surface area contributed by atoms with Crippen molar-refractivity contribution in [2.75, 3.05) is 13.1 Å². The Morgan fingerprint density at radius 3 is 3.45 bits per heavy atom. The highest BCUT2D eigenvalue weighted by Gasteiger charge is 2.12. The van der Waals surface area contributed by atoms with Crippen LogP contribution in [0.1, 0.15) is 0 Å². The van der Waals surface area contributed by atoms with E-state index >= 15 is 0 Å². The van der Waals surface area contributed by atoms with Gasteiger partial charge in [-0.1, -0.05) is 0 Å². The molecule has 0 spiro atoms. The van der Waals surface area contributed by atoms with Crippen molar-refractivity contribution in [1.82, 2.24) is 10.4 Å². The second-order valence-corrected chi connectivity index (χ2v) is 2.43. The lowest BCUT2D eigenvalue weighted by atomic mass is 10.2. The maximum atomic E-state index is 9.02. The molecule has 4 nitrogen and oxygen atoms in total. The Balaban J connectivity index is 2.31. The smallest absolute Gasteiger partial charge is 0.0838 e. The second kappa shape index (κ2) is 2.39. The van der Waals surface area contributed by atoms with E-state index in [1.54, 1.807) is 18.5 Å². The van der Waals surface area contributed by atoms with E-state index in [4.69, 9.17) is 5.21 Å². The van der Waals surface area contributed by atoms with E-state index in [1.165, 1.54) is 0 Å². The first-order valence-electron chi connectivity index (χ1n) is 3.52. The molecule has 2 heterocycles. The average Bonchev–Trinajstić information content (AvgIpc) is 2.04. The van der Waals surface area contributed by atoms with E-state index in [1.807, 2.05) is 0 Å². The van der Waals surface area contributed by atoms with Crippen LogP contribution in [0.2, 0.25) is 0 Å². The normalized spacial score (nSPS) is 21.7. The van der Waals surface area contributed by atoms with E-state index in [0.29, 0.717) is 0 Å². The predicted molar refractivity (Wildman–Crippen MR) is 41.2 cm³/mol. The summed E-state index contributed by atoms with van der Waals surface area (Å²) in [6, 6.07) is 0. The van der Waals surface area contributed by atoms with Gasteiger partial charge in [0, 0.05) is 12.7 Å². The Morgan fingerprint density at radius 1 is 1.64 bits per heavy atom. The molecule has 2 rings (SSSR count). The third-order valence-corrected chi connectivity index (χ3v) is 1.63. The zero-order valence-corrected chi connectivity index (χ0v) is 5.99. The number of hydrogen-bond acceptors (Lipinski definition) is 4. The topological polar surface area (TPSA) is 47.9 Å². The highest BCUT2D eigenvalue weighted by atomic mass is 16.5. The summed E-state index contributed by atoms with van der Waals surface area (Å²) < 4.78 is 0. The van der Waals surface area contributed by atoms with Crippen LogP contribution in [-0.2, 0) is 0 Å². The zero-order valence-electron chi connectivity index (χ0n) is 5.99. The summed E-state index contributed by atoms with van der Waals surface area (Å²) in [6.45, 7) is 1.65. The molecule has 58 valence electrons. The molecule has 2 aliphatic rings. The highest BCUT2D eigenvalue weighted by molar-refractivity contribution is 6.08. The van der Waals surface area contributed by atoms with Crippen molar-refractivity contribution < 1.29 is 5.21 Å². The van der Waals surface area contributed by atoms with Crippen molar-refractivity contribution in [2.24, 2.45) is 4.99 Å². The van der Waals surface area contributed by atoms with E-state index < -0.39 is 0 Å². The van der Waals surface area contributed by atoms with Crippen molar-refractivity contribution in [3.63, 3.8) is 0 Å². The van der Waals surface area contributed by atoms with Crippen LogP contribution in [0.15, 0.2) is 29.2 Å². The number of hydrogen-bond donors (Lipinski definition) is 2. The van der Waals surface area contributed by atoms with E-state index in [9.17, 15) is 0 Å². The molecule has 0 atom stereocenters. The second-order valence-electron chi connectivity index (χ2n) is 2.43. The molecule has 0 aromatic heterocycles. The van der Waals surface area contributed by atoms with Gasteiger partial charge >= 0.3 is 0 Å². The maximum Gasteiger partial charge on any atom is 0.0838 e. The molecule has 0 saturated carbocycles. The van der Waals surface area contributed by atoms with Gasteiger partial charge < -0.3 is 5.32 Å². The minimum Gasteiger partial charge on any atom is -0.380 e. The van der Waals surface area contributed by atoms with Gasteiger partial charge in [0.2, 0.25) is 0 Å².